The van der Waals surface area contributed by atoms with Crippen molar-refractivity contribution < 1.29 is 9.90 Å². The minimum Gasteiger partial charge on any atom is -0.481 e. The van der Waals surface area contributed by atoms with Crippen molar-refractivity contribution in [2.75, 3.05) is 0 Å². The summed E-state index contributed by atoms with van der Waals surface area (Å²) in [6.45, 7) is 8.93. The van der Waals surface area contributed by atoms with Crippen LogP contribution < -0.4 is 0 Å². The molecule has 122 valence electrons. The molecular formula is C20H30O2. The maximum absolute atomic E-state index is 11.9. The number of carboxylic acids is 1. The maximum Gasteiger partial charge on any atom is 0.309 e. The fourth-order valence-corrected chi connectivity index (χ4v) is 5.60. The molecule has 0 aromatic heterocycles. The molecule has 1 fully saturated rings. The molecule has 3 unspecified atom stereocenters. The van der Waals surface area contributed by atoms with Crippen molar-refractivity contribution in [3.05, 3.63) is 23.3 Å². The zero-order valence-corrected chi connectivity index (χ0v) is 14.5. The maximum atomic E-state index is 11.9. The van der Waals surface area contributed by atoms with Gasteiger partial charge in [-0.1, -0.05) is 44.9 Å². The van der Waals surface area contributed by atoms with Crippen LogP contribution in [0.1, 0.15) is 66.2 Å². The lowest BCUT2D eigenvalue weighted by molar-refractivity contribution is -0.162. The van der Waals surface area contributed by atoms with E-state index in [4.69, 9.17) is 0 Å². The van der Waals surface area contributed by atoms with E-state index in [-0.39, 0.29) is 11.3 Å². The Hall–Kier alpha value is -1.05. The van der Waals surface area contributed by atoms with Crippen LogP contribution in [0.25, 0.3) is 0 Å². The molecule has 3 aliphatic rings. The largest absolute Gasteiger partial charge is 0.481 e. The summed E-state index contributed by atoms with van der Waals surface area (Å²) in [6.07, 6.45) is 11.2. The van der Waals surface area contributed by atoms with Gasteiger partial charge in [-0.15, -0.1) is 0 Å². The third kappa shape index (κ3) is 2.18. The molecular weight excluding hydrogens is 272 g/mol. The molecule has 22 heavy (non-hydrogen) atoms. The minimum atomic E-state index is -0.588. The minimum absolute atomic E-state index is 0.161. The highest BCUT2D eigenvalue weighted by Crippen LogP contribution is 2.62. The van der Waals surface area contributed by atoms with Gasteiger partial charge in [0.05, 0.1) is 5.41 Å². The number of hydrogen-bond acceptors (Lipinski definition) is 1. The quantitative estimate of drug-likeness (QED) is 0.760. The van der Waals surface area contributed by atoms with Crippen LogP contribution in [0.2, 0.25) is 0 Å². The van der Waals surface area contributed by atoms with E-state index in [1.165, 1.54) is 24.8 Å². The predicted octanol–water partition coefficient (Wildman–Crippen LogP) is 5.21. The molecule has 0 aromatic rings. The summed E-state index contributed by atoms with van der Waals surface area (Å²) in [7, 11) is 0. The number of aliphatic carboxylic acids is 1. The van der Waals surface area contributed by atoms with Gasteiger partial charge >= 0.3 is 5.97 Å². The van der Waals surface area contributed by atoms with Crippen LogP contribution >= 0.6 is 0 Å². The van der Waals surface area contributed by atoms with Gasteiger partial charge in [-0.05, 0) is 67.8 Å². The van der Waals surface area contributed by atoms with Gasteiger partial charge in [0.25, 0.3) is 0 Å². The van der Waals surface area contributed by atoms with Gasteiger partial charge in [-0.2, -0.15) is 0 Å². The van der Waals surface area contributed by atoms with Crippen molar-refractivity contribution in [1.29, 1.82) is 0 Å². The molecule has 3 aliphatic carbocycles. The highest BCUT2D eigenvalue weighted by Gasteiger charge is 2.57. The number of hydrogen-bond donors (Lipinski definition) is 1. The van der Waals surface area contributed by atoms with Crippen molar-refractivity contribution in [3.8, 4) is 0 Å². The highest BCUT2D eigenvalue weighted by molar-refractivity contribution is 5.75. The van der Waals surface area contributed by atoms with Crippen LogP contribution in [0.15, 0.2) is 23.3 Å². The zero-order valence-electron chi connectivity index (χ0n) is 14.5. The monoisotopic (exact) mass is 302 g/mol. The average Bonchev–Trinajstić information content (AvgIpc) is 2.46. The van der Waals surface area contributed by atoms with Gasteiger partial charge in [-0.3, -0.25) is 4.79 Å². The lowest BCUT2D eigenvalue weighted by atomic mass is 9.47. The highest BCUT2D eigenvalue weighted by atomic mass is 16.4. The third-order valence-corrected chi connectivity index (χ3v) is 7.07. The first-order chi connectivity index (χ1) is 10.3. The standard InChI is InChI=1S/C20H30O2/c1-13(2)14-6-8-16-15(12-14)7-9-17-19(16,3)10-5-11-20(17,4)18(21)22/h7,12-13,16-17H,5-6,8-11H2,1-4H3,(H,21,22)/t16?,17?,19?,20-/m1/s1. The van der Waals surface area contributed by atoms with Crippen LogP contribution in [0.3, 0.4) is 0 Å². The molecule has 0 amide bonds. The van der Waals surface area contributed by atoms with Crippen molar-refractivity contribution in [1.82, 2.24) is 0 Å². The van der Waals surface area contributed by atoms with Gasteiger partial charge in [0.2, 0.25) is 0 Å². The molecule has 3 rings (SSSR count). The zero-order chi connectivity index (χ0) is 16.1. The molecule has 0 bridgehead atoms. The van der Waals surface area contributed by atoms with E-state index in [1.54, 1.807) is 5.57 Å². The van der Waals surface area contributed by atoms with Crippen molar-refractivity contribution in [3.63, 3.8) is 0 Å². The van der Waals surface area contributed by atoms with E-state index in [0.29, 0.717) is 11.8 Å². The summed E-state index contributed by atoms with van der Waals surface area (Å²) in [5, 5.41) is 9.83. The smallest absolute Gasteiger partial charge is 0.309 e. The number of carbonyl (C=O) groups is 1. The van der Waals surface area contributed by atoms with E-state index in [2.05, 4.69) is 32.9 Å². The van der Waals surface area contributed by atoms with Crippen LogP contribution in [-0.4, -0.2) is 11.1 Å². The number of allylic oxidation sites excluding steroid dienone is 4. The molecule has 0 spiro atoms. The average molecular weight is 302 g/mol. The molecule has 2 heteroatoms. The molecule has 0 aromatic carbocycles. The first-order valence-electron chi connectivity index (χ1n) is 8.93. The van der Waals surface area contributed by atoms with Gasteiger partial charge in [0, 0.05) is 0 Å². The second-order valence-corrected chi connectivity index (χ2v) is 8.54. The molecule has 1 N–H and O–H groups in total. The van der Waals surface area contributed by atoms with Crippen LogP contribution in [0.5, 0.6) is 0 Å². The second kappa shape index (κ2) is 5.25. The fourth-order valence-electron chi connectivity index (χ4n) is 5.60. The Kier molecular flexibility index (Phi) is 3.78. The van der Waals surface area contributed by atoms with Crippen LogP contribution in [0, 0.1) is 28.6 Å². The summed E-state index contributed by atoms with van der Waals surface area (Å²) in [5.74, 6) is 0.888. The fraction of sp³-hybridized carbons (Fsp3) is 0.750. The molecule has 0 aliphatic heterocycles. The van der Waals surface area contributed by atoms with Crippen molar-refractivity contribution in [2.45, 2.75) is 66.2 Å². The molecule has 4 atom stereocenters. The Morgan fingerprint density at radius 3 is 2.68 bits per heavy atom. The van der Waals surface area contributed by atoms with Gasteiger partial charge in [0.15, 0.2) is 0 Å². The molecule has 0 heterocycles. The Balaban J connectivity index is 2.00. The number of fused-ring (bicyclic) bond motifs is 3. The summed E-state index contributed by atoms with van der Waals surface area (Å²) < 4.78 is 0. The number of carboxylic acid groups (broad SMARTS) is 1. The summed E-state index contributed by atoms with van der Waals surface area (Å²) in [4.78, 5) is 11.9. The Morgan fingerprint density at radius 2 is 2.05 bits per heavy atom. The van der Waals surface area contributed by atoms with Gasteiger partial charge < -0.3 is 5.11 Å². The van der Waals surface area contributed by atoms with E-state index < -0.39 is 11.4 Å². The predicted molar refractivity (Wildman–Crippen MR) is 89.5 cm³/mol. The van der Waals surface area contributed by atoms with E-state index in [0.717, 1.165) is 19.3 Å². The number of rotatable bonds is 2. The van der Waals surface area contributed by atoms with E-state index in [1.807, 2.05) is 6.92 Å². The Labute approximate surface area is 134 Å². The Morgan fingerprint density at radius 1 is 1.32 bits per heavy atom. The molecule has 0 saturated heterocycles. The summed E-state index contributed by atoms with van der Waals surface area (Å²) in [5.41, 5.74) is 2.69. The first kappa shape index (κ1) is 15.8. The van der Waals surface area contributed by atoms with E-state index >= 15 is 0 Å². The SMILES string of the molecule is CC(C)C1=CC2=CCC3C(C)(CCC[C@@]3(C)C(=O)O)C2CC1. The molecule has 2 nitrogen and oxygen atoms in total. The van der Waals surface area contributed by atoms with Crippen molar-refractivity contribution in [2.24, 2.45) is 28.6 Å². The third-order valence-electron chi connectivity index (χ3n) is 7.07. The van der Waals surface area contributed by atoms with Crippen LogP contribution in [-0.2, 0) is 4.79 Å². The van der Waals surface area contributed by atoms with Crippen LogP contribution in [0.4, 0.5) is 0 Å². The van der Waals surface area contributed by atoms with Gasteiger partial charge in [-0.25, -0.2) is 0 Å². The molecule has 0 radical (unpaired) electrons. The topological polar surface area (TPSA) is 37.3 Å². The lowest BCUT2D eigenvalue weighted by Gasteiger charge is -2.57. The van der Waals surface area contributed by atoms with Crippen molar-refractivity contribution >= 4 is 5.97 Å². The first-order valence-corrected chi connectivity index (χ1v) is 8.93. The normalized spacial score (nSPS) is 41.3. The summed E-state index contributed by atoms with van der Waals surface area (Å²) >= 11 is 0. The van der Waals surface area contributed by atoms with Gasteiger partial charge in [0.1, 0.15) is 0 Å². The summed E-state index contributed by atoms with van der Waals surface area (Å²) in [6, 6.07) is 0. The Bertz CT molecular complexity index is 542. The lowest BCUT2D eigenvalue weighted by Crippen LogP contribution is -2.53. The molecule has 1 saturated carbocycles. The van der Waals surface area contributed by atoms with E-state index in [9.17, 15) is 9.90 Å². The second-order valence-electron chi connectivity index (χ2n) is 8.54.